The molecular formula is C13H15N3O2. The molecule has 94 valence electrons. The van der Waals surface area contributed by atoms with Crippen molar-refractivity contribution in [2.24, 2.45) is 0 Å². The molecule has 18 heavy (non-hydrogen) atoms. The minimum Gasteiger partial charge on any atom is -0.380 e. The van der Waals surface area contributed by atoms with Crippen molar-refractivity contribution >= 4 is 16.8 Å². The van der Waals surface area contributed by atoms with Gasteiger partial charge in [0.2, 0.25) is 0 Å². The molecular weight excluding hydrogens is 230 g/mol. The normalized spacial score (nSPS) is 16.8. The van der Waals surface area contributed by atoms with Crippen molar-refractivity contribution in [2.75, 3.05) is 26.3 Å². The van der Waals surface area contributed by atoms with Crippen LogP contribution in [0, 0.1) is 0 Å². The number of aromatic amines is 1. The molecule has 0 atom stereocenters. The standard InChI is InChI=1S/C13H15N3O2/c17-13(16-4-1-6-18-7-5-16)10-2-3-11-9-14-15-12(11)8-10/h2-3,8-9H,1,4-7H2,(H,14,15). The lowest BCUT2D eigenvalue weighted by Crippen LogP contribution is -2.33. The molecule has 1 amide bonds. The summed E-state index contributed by atoms with van der Waals surface area (Å²) < 4.78 is 5.36. The molecule has 1 fully saturated rings. The Kier molecular flexibility index (Phi) is 2.98. The molecule has 2 aromatic rings. The number of rotatable bonds is 1. The summed E-state index contributed by atoms with van der Waals surface area (Å²) in [6.07, 6.45) is 2.65. The van der Waals surface area contributed by atoms with Crippen molar-refractivity contribution in [3.05, 3.63) is 30.0 Å². The first kappa shape index (κ1) is 11.2. The summed E-state index contributed by atoms with van der Waals surface area (Å²) in [5, 5.41) is 7.86. The van der Waals surface area contributed by atoms with E-state index < -0.39 is 0 Å². The quantitative estimate of drug-likeness (QED) is 0.826. The highest BCUT2D eigenvalue weighted by molar-refractivity contribution is 5.97. The van der Waals surface area contributed by atoms with E-state index in [2.05, 4.69) is 10.2 Å². The van der Waals surface area contributed by atoms with E-state index in [1.807, 2.05) is 23.1 Å². The van der Waals surface area contributed by atoms with E-state index in [0.29, 0.717) is 18.7 Å². The highest BCUT2D eigenvalue weighted by Gasteiger charge is 2.17. The summed E-state index contributed by atoms with van der Waals surface area (Å²) in [7, 11) is 0. The summed E-state index contributed by atoms with van der Waals surface area (Å²) in [5.74, 6) is 0.0667. The lowest BCUT2D eigenvalue weighted by atomic mass is 10.1. The molecule has 1 aromatic carbocycles. The zero-order valence-electron chi connectivity index (χ0n) is 10.1. The molecule has 0 spiro atoms. The molecule has 0 aliphatic carbocycles. The number of carbonyl (C=O) groups excluding carboxylic acids is 1. The average molecular weight is 245 g/mol. The molecule has 1 aromatic heterocycles. The molecule has 0 unspecified atom stereocenters. The third-order valence-electron chi connectivity index (χ3n) is 3.20. The summed E-state index contributed by atoms with van der Waals surface area (Å²) in [6.45, 7) is 2.79. The van der Waals surface area contributed by atoms with Crippen molar-refractivity contribution < 1.29 is 9.53 Å². The van der Waals surface area contributed by atoms with Crippen molar-refractivity contribution in [3.8, 4) is 0 Å². The molecule has 0 bridgehead atoms. The topological polar surface area (TPSA) is 58.2 Å². The number of nitrogens with zero attached hydrogens (tertiary/aromatic N) is 2. The van der Waals surface area contributed by atoms with E-state index >= 15 is 0 Å². The summed E-state index contributed by atoms with van der Waals surface area (Å²) >= 11 is 0. The number of benzene rings is 1. The summed E-state index contributed by atoms with van der Waals surface area (Å²) in [6, 6.07) is 5.63. The van der Waals surface area contributed by atoms with Crippen LogP contribution in [0.2, 0.25) is 0 Å². The Hall–Kier alpha value is -1.88. The Morgan fingerprint density at radius 1 is 1.33 bits per heavy atom. The van der Waals surface area contributed by atoms with E-state index in [1.165, 1.54) is 0 Å². The van der Waals surface area contributed by atoms with Gasteiger partial charge in [0, 0.05) is 30.6 Å². The summed E-state index contributed by atoms with van der Waals surface area (Å²) in [5.41, 5.74) is 1.60. The fraction of sp³-hybridized carbons (Fsp3) is 0.385. The van der Waals surface area contributed by atoms with E-state index in [-0.39, 0.29) is 5.91 Å². The number of hydrogen-bond acceptors (Lipinski definition) is 3. The van der Waals surface area contributed by atoms with Crippen molar-refractivity contribution in [2.45, 2.75) is 6.42 Å². The Morgan fingerprint density at radius 3 is 3.22 bits per heavy atom. The molecule has 0 radical (unpaired) electrons. The third kappa shape index (κ3) is 2.09. The number of hydrogen-bond donors (Lipinski definition) is 1. The highest BCUT2D eigenvalue weighted by Crippen LogP contribution is 2.15. The molecule has 5 heteroatoms. The summed E-state index contributed by atoms with van der Waals surface area (Å²) in [4.78, 5) is 14.2. The van der Waals surface area contributed by atoms with Crippen LogP contribution in [0.4, 0.5) is 0 Å². The first-order chi connectivity index (χ1) is 8.84. The zero-order valence-corrected chi connectivity index (χ0v) is 10.1. The van der Waals surface area contributed by atoms with Gasteiger partial charge >= 0.3 is 0 Å². The first-order valence-corrected chi connectivity index (χ1v) is 6.15. The number of fused-ring (bicyclic) bond motifs is 1. The molecule has 1 aliphatic rings. The van der Waals surface area contributed by atoms with Gasteiger partial charge in [0.25, 0.3) is 5.91 Å². The fourth-order valence-corrected chi connectivity index (χ4v) is 2.20. The maximum atomic E-state index is 12.4. The maximum absolute atomic E-state index is 12.4. The molecule has 2 heterocycles. The minimum atomic E-state index is 0.0667. The Bertz CT molecular complexity index is 556. The van der Waals surface area contributed by atoms with Gasteiger partial charge in [0.15, 0.2) is 0 Å². The average Bonchev–Trinajstić information content (AvgIpc) is 2.69. The molecule has 0 saturated carbocycles. The van der Waals surface area contributed by atoms with E-state index in [1.54, 1.807) is 6.20 Å². The Labute approximate surface area is 105 Å². The van der Waals surface area contributed by atoms with Gasteiger partial charge in [-0.25, -0.2) is 0 Å². The van der Waals surface area contributed by atoms with Crippen molar-refractivity contribution in [1.29, 1.82) is 0 Å². The second-order valence-corrected chi connectivity index (χ2v) is 4.43. The van der Waals surface area contributed by atoms with E-state index in [0.717, 1.165) is 30.5 Å². The molecule has 1 aliphatic heterocycles. The highest BCUT2D eigenvalue weighted by atomic mass is 16.5. The number of amides is 1. The fourth-order valence-electron chi connectivity index (χ4n) is 2.20. The number of nitrogens with one attached hydrogen (secondary N) is 1. The largest absolute Gasteiger partial charge is 0.380 e. The van der Waals surface area contributed by atoms with Gasteiger partial charge in [0.1, 0.15) is 0 Å². The predicted molar refractivity (Wildman–Crippen MR) is 67.4 cm³/mol. The van der Waals surface area contributed by atoms with Crippen LogP contribution in [0.15, 0.2) is 24.4 Å². The van der Waals surface area contributed by atoms with Crippen molar-refractivity contribution in [1.82, 2.24) is 15.1 Å². The van der Waals surface area contributed by atoms with Crippen LogP contribution < -0.4 is 0 Å². The SMILES string of the molecule is O=C(c1ccc2cn[nH]c2c1)N1CCCOCC1. The van der Waals surface area contributed by atoms with Gasteiger partial charge in [0.05, 0.1) is 18.3 Å². The maximum Gasteiger partial charge on any atom is 0.254 e. The van der Waals surface area contributed by atoms with Crippen LogP contribution in [0.25, 0.3) is 10.9 Å². The van der Waals surface area contributed by atoms with Crippen LogP contribution >= 0.6 is 0 Å². The van der Waals surface area contributed by atoms with Crippen LogP contribution in [0.1, 0.15) is 16.8 Å². The first-order valence-electron chi connectivity index (χ1n) is 6.15. The van der Waals surface area contributed by atoms with Gasteiger partial charge in [-0.15, -0.1) is 0 Å². The third-order valence-corrected chi connectivity index (χ3v) is 3.20. The Morgan fingerprint density at radius 2 is 2.28 bits per heavy atom. The van der Waals surface area contributed by atoms with Crippen LogP contribution in [-0.2, 0) is 4.74 Å². The predicted octanol–water partition coefficient (Wildman–Crippen LogP) is 1.43. The van der Waals surface area contributed by atoms with Gasteiger partial charge in [-0.1, -0.05) is 6.07 Å². The Balaban J connectivity index is 1.85. The van der Waals surface area contributed by atoms with Crippen LogP contribution in [-0.4, -0.2) is 47.3 Å². The zero-order chi connectivity index (χ0) is 12.4. The number of H-pyrrole nitrogens is 1. The van der Waals surface area contributed by atoms with Gasteiger partial charge in [-0.05, 0) is 18.6 Å². The molecule has 1 N–H and O–H groups in total. The number of aromatic nitrogens is 2. The van der Waals surface area contributed by atoms with E-state index in [4.69, 9.17) is 4.74 Å². The monoisotopic (exact) mass is 245 g/mol. The molecule has 3 rings (SSSR count). The smallest absolute Gasteiger partial charge is 0.254 e. The minimum absolute atomic E-state index is 0.0667. The van der Waals surface area contributed by atoms with Gasteiger partial charge < -0.3 is 9.64 Å². The lowest BCUT2D eigenvalue weighted by Gasteiger charge is -2.19. The van der Waals surface area contributed by atoms with Crippen LogP contribution in [0.5, 0.6) is 0 Å². The molecule has 1 saturated heterocycles. The lowest BCUT2D eigenvalue weighted by molar-refractivity contribution is 0.0741. The van der Waals surface area contributed by atoms with Gasteiger partial charge in [-0.3, -0.25) is 9.89 Å². The second-order valence-electron chi connectivity index (χ2n) is 4.43. The number of carbonyl (C=O) groups is 1. The second kappa shape index (κ2) is 4.78. The number of ether oxygens (including phenoxy) is 1. The van der Waals surface area contributed by atoms with Crippen molar-refractivity contribution in [3.63, 3.8) is 0 Å². The van der Waals surface area contributed by atoms with Gasteiger partial charge in [-0.2, -0.15) is 5.10 Å². The molecule has 5 nitrogen and oxygen atoms in total. The van der Waals surface area contributed by atoms with Crippen LogP contribution in [0.3, 0.4) is 0 Å². The van der Waals surface area contributed by atoms with E-state index in [9.17, 15) is 4.79 Å².